The van der Waals surface area contributed by atoms with Crippen molar-refractivity contribution in [2.45, 2.75) is 72.6 Å². The highest BCUT2D eigenvalue weighted by Crippen LogP contribution is 2.26. The Bertz CT molecular complexity index is 1050. The standard InChI is InChI=1S/C16H20N4O2.C10H16F3NO2.C4H10/c1-19(2)11-15(21)20-10-12(8-14(20)9-17)16(22)18-13-6-4-3-5-7-13;1-9(2,3)5-7(6-15)14(4)8(16)10(11,12)13;1-4(2)3/h3-7,12,14H,8,10-11H2,1-2H3,(H,18,22);6-7H,5H2,1-4H3;4H,1-3H3. The Morgan fingerprint density at radius 3 is 2.02 bits per heavy atom. The molecule has 1 heterocycles. The number of nitrogens with one attached hydrogen (secondary N) is 1. The Kier molecular flexibility index (Phi) is 16.0. The van der Waals surface area contributed by atoms with Crippen molar-refractivity contribution in [2.75, 3.05) is 39.5 Å². The van der Waals surface area contributed by atoms with E-state index in [1.54, 1.807) is 39.8 Å². The van der Waals surface area contributed by atoms with Crippen LogP contribution in [0.15, 0.2) is 30.3 Å². The van der Waals surface area contributed by atoms with E-state index in [0.717, 1.165) is 18.7 Å². The second-order valence-corrected chi connectivity index (χ2v) is 12.3. The fourth-order valence-electron chi connectivity index (χ4n) is 3.81. The molecule has 42 heavy (non-hydrogen) atoms. The van der Waals surface area contributed by atoms with Gasteiger partial charge in [-0.25, -0.2) is 0 Å². The van der Waals surface area contributed by atoms with Gasteiger partial charge in [-0.05, 0) is 50.4 Å². The predicted octanol–water partition coefficient (Wildman–Crippen LogP) is 4.60. The third-order valence-corrected chi connectivity index (χ3v) is 5.67. The average Bonchev–Trinajstić information content (AvgIpc) is 3.31. The average molecular weight is 598 g/mol. The van der Waals surface area contributed by atoms with Crippen molar-refractivity contribution in [3.8, 4) is 6.07 Å². The Labute approximate surface area is 248 Å². The number of amides is 3. The van der Waals surface area contributed by atoms with Gasteiger partial charge in [0, 0.05) is 19.3 Å². The van der Waals surface area contributed by atoms with Gasteiger partial charge in [0.2, 0.25) is 11.8 Å². The van der Waals surface area contributed by atoms with Gasteiger partial charge in [-0.3, -0.25) is 14.4 Å². The molecule has 0 aliphatic carbocycles. The number of likely N-dealkylation sites (N-methyl/N-ethyl adjacent to an activating group) is 2. The Hall–Kier alpha value is -3.46. The summed E-state index contributed by atoms with van der Waals surface area (Å²) in [6.45, 7) is 12.4. The van der Waals surface area contributed by atoms with Gasteiger partial charge in [-0.15, -0.1) is 0 Å². The van der Waals surface area contributed by atoms with Gasteiger partial charge < -0.3 is 24.8 Å². The summed E-state index contributed by atoms with van der Waals surface area (Å²) < 4.78 is 36.4. The quantitative estimate of drug-likeness (QED) is 0.460. The lowest BCUT2D eigenvalue weighted by Crippen LogP contribution is -2.46. The van der Waals surface area contributed by atoms with E-state index >= 15 is 0 Å². The number of hydrogen-bond acceptors (Lipinski definition) is 6. The fourth-order valence-corrected chi connectivity index (χ4v) is 3.81. The number of carbonyl (C=O) groups excluding carboxylic acids is 4. The van der Waals surface area contributed by atoms with E-state index in [-0.39, 0.29) is 36.1 Å². The number of aldehydes is 1. The lowest BCUT2D eigenvalue weighted by molar-refractivity contribution is -0.186. The molecule has 1 N–H and O–H groups in total. The molecule has 2 rings (SSSR count). The molecule has 9 nitrogen and oxygen atoms in total. The minimum Gasteiger partial charge on any atom is -0.328 e. The molecule has 1 aromatic carbocycles. The van der Waals surface area contributed by atoms with Gasteiger partial charge in [0.15, 0.2) is 0 Å². The summed E-state index contributed by atoms with van der Waals surface area (Å²) >= 11 is 0. The van der Waals surface area contributed by atoms with Crippen LogP contribution in [0.1, 0.15) is 54.4 Å². The van der Waals surface area contributed by atoms with Gasteiger partial charge in [0.1, 0.15) is 12.3 Å². The van der Waals surface area contributed by atoms with Crippen LogP contribution in [0.4, 0.5) is 18.9 Å². The van der Waals surface area contributed by atoms with Gasteiger partial charge in [-0.2, -0.15) is 18.4 Å². The van der Waals surface area contributed by atoms with Crippen molar-refractivity contribution >= 4 is 29.7 Å². The van der Waals surface area contributed by atoms with E-state index in [2.05, 4.69) is 32.2 Å². The topological polar surface area (TPSA) is 114 Å². The number of hydrogen-bond donors (Lipinski definition) is 1. The highest BCUT2D eigenvalue weighted by molar-refractivity contribution is 5.93. The third kappa shape index (κ3) is 15.0. The summed E-state index contributed by atoms with van der Waals surface area (Å²) in [6.07, 6.45) is -3.99. The van der Waals surface area contributed by atoms with Crippen molar-refractivity contribution in [3.05, 3.63) is 30.3 Å². The van der Waals surface area contributed by atoms with Crippen LogP contribution in [0.25, 0.3) is 0 Å². The summed E-state index contributed by atoms with van der Waals surface area (Å²) in [5, 5.41) is 12.1. The number of rotatable bonds is 7. The molecule has 1 saturated heterocycles. The van der Waals surface area contributed by atoms with Crippen molar-refractivity contribution in [3.63, 3.8) is 0 Å². The molecule has 0 radical (unpaired) electrons. The number of halogens is 3. The van der Waals surface area contributed by atoms with Crippen LogP contribution in [0.5, 0.6) is 0 Å². The van der Waals surface area contributed by atoms with Crippen molar-refractivity contribution < 1.29 is 32.3 Å². The number of nitrogens with zero attached hydrogens (tertiary/aromatic N) is 4. The first-order valence-corrected chi connectivity index (χ1v) is 13.7. The van der Waals surface area contributed by atoms with Crippen LogP contribution in [0.3, 0.4) is 0 Å². The van der Waals surface area contributed by atoms with E-state index in [0.29, 0.717) is 24.2 Å². The van der Waals surface area contributed by atoms with Crippen LogP contribution in [-0.4, -0.2) is 91.2 Å². The smallest absolute Gasteiger partial charge is 0.328 e. The number of benzene rings is 1. The van der Waals surface area contributed by atoms with Gasteiger partial charge >= 0.3 is 12.1 Å². The molecule has 1 aromatic rings. The maximum atomic E-state index is 12.3. The molecule has 3 atom stereocenters. The minimum atomic E-state index is -4.94. The van der Waals surface area contributed by atoms with Gasteiger partial charge in [-0.1, -0.05) is 59.7 Å². The molecule has 12 heteroatoms. The van der Waals surface area contributed by atoms with Crippen LogP contribution in [-0.2, 0) is 19.2 Å². The maximum absolute atomic E-state index is 12.3. The summed E-state index contributed by atoms with van der Waals surface area (Å²) in [6, 6.07) is 9.72. The van der Waals surface area contributed by atoms with Crippen LogP contribution < -0.4 is 5.32 Å². The van der Waals surface area contributed by atoms with E-state index in [1.165, 1.54) is 4.90 Å². The fraction of sp³-hybridized carbons (Fsp3) is 0.633. The number of anilines is 1. The second kappa shape index (κ2) is 17.5. The molecule has 236 valence electrons. The molecule has 1 fully saturated rings. The Balaban J connectivity index is 0.000000740. The highest BCUT2D eigenvalue weighted by atomic mass is 19.4. The Morgan fingerprint density at radius 2 is 1.62 bits per heavy atom. The van der Waals surface area contributed by atoms with Crippen LogP contribution in [0.2, 0.25) is 0 Å². The molecular formula is C30H46F3N5O4. The monoisotopic (exact) mass is 597 g/mol. The maximum Gasteiger partial charge on any atom is 0.471 e. The minimum absolute atomic E-state index is 0.119. The summed E-state index contributed by atoms with van der Waals surface area (Å²) in [4.78, 5) is 49.7. The second-order valence-electron chi connectivity index (χ2n) is 12.3. The van der Waals surface area contributed by atoms with Crippen LogP contribution >= 0.6 is 0 Å². The lowest BCUT2D eigenvalue weighted by atomic mass is 9.88. The van der Waals surface area contributed by atoms with Crippen molar-refractivity contribution in [1.82, 2.24) is 14.7 Å². The molecule has 1 aliphatic rings. The molecule has 0 saturated carbocycles. The molecular weight excluding hydrogens is 551 g/mol. The first-order chi connectivity index (χ1) is 19.2. The first kappa shape index (κ1) is 38.5. The number of carbonyl (C=O) groups is 4. The normalized spacial score (nSPS) is 17.2. The summed E-state index contributed by atoms with van der Waals surface area (Å²) in [5.74, 6) is -1.78. The molecule has 1 aliphatic heterocycles. The van der Waals surface area contributed by atoms with Crippen molar-refractivity contribution in [2.24, 2.45) is 17.3 Å². The highest BCUT2D eigenvalue weighted by Gasteiger charge is 2.43. The number of alkyl halides is 3. The Morgan fingerprint density at radius 1 is 1.10 bits per heavy atom. The van der Waals surface area contributed by atoms with Crippen molar-refractivity contribution in [1.29, 1.82) is 5.26 Å². The molecule has 0 spiro atoms. The zero-order valence-electron chi connectivity index (χ0n) is 26.2. The van der Waals surface area contributed by atoms with Gasteiger partial charge in [0.05, 0.1) is 24.6 Å². The predicted molar refractivity (Wildman–Crippen MR) is 156 cm³/mol. The zero-order valence-corrected chi connectivity index (χ0v) is 26.2. The SMILES string of the molecule is CC(C)C.CN(C(=O)C(F)(F)F)C(C=O)CC(C)(C)C.CN(C)CC(=O)N1CC(C(=O)Nc2ccccc2)CC1C#N. The summed E-state index contributed by atoms with van der Waals surface area (Å²) in [7, 11) is 4.59. The lowest BCUT2D eigenvalue weighted by Gasteiger charge is -2.29. The molecule has 0 bridgehead atoms. The van der Waals surface area contributed by atoms with Gasteiger partial charge in [0.25, 0.3) is 0 Å². The van der Waals surface area contributed by atoms with E-state index in [9.17, 15) is 37.6 Å². The molecule has 3 unspecified atom stereocenters. The largest absolute Gasteiger partial charge is 0.471 e. The molecule has 3 amide bonds. The van der Waals surface area contributed by atoms with E-state index < -0.39 is 24.2 Å². The molecule has 0 aromatic heterocycles. The third-order valence-electron chi connectivity index (χ3n) is 5.67. The number of likely N-dealkylation sites (tertiary alicyclic amines) is 1. The number of para-hydroxylation sites is 1. The van der Waals surface area contributed by atoms with E-state index in [1.807, 2.05) is 30.3 Å². The zero-order chi connectivity index (χ0) is 32.8. The number of nitriles is 1. The summed E-state index contributed by atoms with van der Waals surface area (Å²) in [5.41, 5.74) is 0.394. The van der Waals surface area contributed by atoms with Crippen LogP contribution in [0, 0.1) is 28.6 Å². The first-order valence-electron chi connectivity index (χ1n) is 13.7. The van der Waals surface area contributed by atoms with E-state index in [4.69, 9.17) is 0 Å².